The Hall–Kier alpha value is -2.41. The van der Waals surface area contributed by atoms with Crippen LogP contribution >= 0.6 is 0 Å². The summed E-state index contributed by atoms with van der Waals surface area (Å²) in [6, 6.07) is 9.14. The summed E-state index contributed by atoms with van der Waals surface area (Å²) in [7, 11) is 0. The van der Waals surface area contributed by atoms with Crippen molar-refractivity contribution < 1.29 is 14.4 Å². The topological polar surface area (TPSA) is 81.8 Å². The van der Waals surface area contributed by atoms with E-state index < -0.39 is 5.54 Å². The monoisotopic (exact) mass is 400 g/mol. The molecule has 2 fully saturated rings. The van der Waals surface area contributed by atoms with E-state index in [-0.39, 0.29) is 30.4 Å². The molecule has 158 valence electrons. The number of rotatable bonds is 7. The van der Waals surface area contributed by atoms with Crippen LogP contribution in [0, 0.1) is 11.8 Å². The Balaban J connectivity index is 1.49. The van der Waals surface area contributed by atoms with Gasteiger partial charge in [0.15, 0.2) is 0 Å². The minimum absolute atomic E-state index is 0.0344. The predicted octanol–water partition coefficient (Wildman–Crippen LogP) is 3.04. The number of anilines is 1. The van der Waals surface area contributed by atoms with Crippen molar-refractivity contribution in [3.8, 4) is 0 Å². The fourth-order valence-electron chi connectivity index (χ4n) is 3.92. The molecule has 3 rings (SSSR count). The fraction of sp³-hybridized carbons (Fsp3) is 0.591. The van der Waals surface area contributed by atoms with E-state index in [2.05, 4.69) is 29.4 Å². The first-order valence-electron chi connectivity index (χ1n) is 10.5. The van der Waals surface area contributed by atoms with Crippen LogP contribution in [0.15, 0.2) is 30.3 Å². The molecule has 0 aliphatic carbocycles. The molecule has 0 aromatic heterocycles. The molecule has 7 heteroatoms. The zero-order chi connectivity index (χ0) is 21.0. The number of hydrogen-bond acceptors (Lipinski definition) is 4. The molecule has 2 aliphatic rings. The summed E-state index contributed by atoms with van der Waals surface area (Å²) in [6.07, 6.45) is 2.96. The fourth-order valence-corrected chi connectivity index (χ4v) is 3.92. The van der Waals surface area contributed by atoms with Crippen LogP contribution in [0.2, 0.25) is 0 Å². The van der Waals surface area contributed by atoms with Gasteiger partial charge in [0.2, 0.25) is 5.91 Å². The molecule has 2 N–H and O–H groups in total. The van der Waals surface area contributed by atoms with Crippen LogP contribution in [-0.2, 0) is 9.59 Å². The highest BCUT2D eigenvalue weighted by Crippen LogP contribution is 2.26. The van der Waals surface area contributed by atoms with E-state index >= 15 is 0 Å². The Kier molecular flexibility index (Phi) is 6.57. The van der Waals surface area contributed by atoms with Crippen LogP contribution in [0.4, 0.5) is 10.5 Å². The lowest BCUT2D eigenvalue weighted by Crippen LogP contribution is -2.47. The molecular weight excluding hydrogens is 368 g/mol. The van der Waals surface area contributed by atoms with E-state index in [0.717, 1.165) is 12.1 Å². The molecule has 2 heterocycles. The van der Waals surface area contributed by atoms with Crippen LogP contribution in [0.5, 0.6) is 0 Å². The van der Waals surface area contributed by atoms with Gasteiger partial charge in [-0.1, -0.05) is 32.0 Å². The van der Waals surface area contributed by atoms with Crippen LogP contribution in [0.25, 0.3) is 0 Å². The molecule has 29 heavy (non-hydrogen) atoms. The number of imide groups is 1. The van der Waals surface area contributed by atoms with Crippen molar-refractivity contribution in [2.45, 2.75) is 52.0 Å². The maximum absolute atomic E-state index is 12.9. The van der Waals surface area contributed by atoms with Gasteiger partial charge in [0.05, 0.1) is 6.67 Å². The normalized spacial score (nSPS) is 23.5. The molecule has 1 aromatic carbocycles. The number of carbonyl (C=O) groups excluding carboxylic acids is 3. The highest BCUT2D eigenvalue weighted by Gasteiger charge is 2.47. The van der Waals surface area contributed by atoms with Gasteiger partial charge in [-0.25, -0.2) is 9.69 Å². The van der Waals surface area contributed by atoms with Gasteiger partial charge in [-0.3, -0.25) is 14.5 Å². The number of para-hydroxylation sites is 1. The second-order valence-electron chi connectivity index (χ2n) is 8.82. The molecule has 1 aromatic rings. The van der Waals surface area contributed by atoms with Crippen molar-refractivity contribution in [3.63, 3.8) is 0 Å². The molecule has 0 radical (unpaired) electrons. The van der Waals surface area contributed by atoms with Crippen LogP contribution < -0.4 is 10.6 Å². The van der Waals surface area contributed by atoms with E-state index in [4.69, 9.17) is 0 Å². The molecule has 0 spiro atoms. The summed E-state index contributed by atoms with van der Waals surface area (Å²) >= 11 is 0. The number of carbonyl (C=O) groups is 3. The SMILES string of the molecule is CC(C)CC[C@]1(C)NC(=O)N(CN2CCC(C(=O)Nc3ccccc3)CC2)C1=O. The van der Waals surface area contributed by atoms with E-state index in [1.807, 2.05) is 37.3 Å². The van der Waals surface area contributed by atoms with E-state index in [1.165, 1.54) is 4.90 Å². The Bertz CT molecular complexity index is 744. The number of nitrogens with one attached hydrogen (secondary N) is 2. The molecule has 2 aliphatic heterocycles. The van der Waals surface area contributed by atoms with E-state index in [1.54, 1.807) is 0 Å². The summed E-state index contributed by atoms with van der Waals surface area (Å²) in [6.45, 7) is 7.70. The van der Waals surface area contributed by atoms with Crippen LogP contribution in [-0.4, -0.2) is 52.9 Å². The Morgan fingerprint density at radius 3 is 2.48 bits per heavy atom. The maximum Gasteiger partial charge on any atom is 0.326 e. The van der Waals surface area contributed by atoms with E-state index in [0.29, 0.717) is 38.3 Å². The van der Waals surface area contributed by atoms with Gasteiger partial charge in [-0.15, -0.1) is 0 Å². The first-order chi connectivity index (χ1) is 13.8. The second-order valence-corrected chi connectivity index (χ2v) is 8.82. The standard InChI is InChI=1S/C22H32N4O3/c1-16(2)9-12-22(3)20(28)26(21(29)24-22)15-25-13-10-17(11-14-25)19(27)23-18-7-5-4-6-8-18/h4-8,16-17H,9-15H2,1-3H3,(H,23,27)(H,24,29)/t22-/m0/s1. The molecule has 4 amide bonds. The minimum Gasteiger partial charge on any atom is -0.326 e. The predicted molar refractivity (Wildman–Crippen MR) is 112 cm³/mol. The molecule has 7 nitrogen and oxygen atoms in total. The lowest BCUT2D eigenvalue weighted by atomic mass is 9.92. The number of hydrogen-bond donors (Lipinski definition) is 2. The van der Waals surface area contributed by atoms with Crippen molar-refractivity contribution in [2.24, 2.45) is 11.8 Å². The third kappa shape index (κ3) is 5.15. The first-order valence-corrected chi connectivity index (χ1v) is 10.5. The Labute approximate surface area is 172 Å². The number of nitrogens with zero attached hydrogens (tertiary/aromatic N) is 2. The molecule has 0 bridgehead atoms. The maximum atomic E-state index is 12.9. The Morgan fingerprint density at radius 2 is 1.86 bits per heavy atom. The van der Waals surface area contributed by atoms with Crippen molar-refractivity contribution in [2.75, 3.05) is 25.1 Å². The average molecular weight is 401 g/mol. The lowest BCUT2D eigenvalue weighted by molar-refractivity contribution is -0.133. The first kappa shape index (κ1) is 21.3. The van der Waals surface area contributed by atoms with Crippen molar-refractivity contribution >= 4 is 23.5 Å². The van der Waals surface area contributed by atoms with Gasteiger partial charge in [0.25, 0.3) is 5.91 Å². The highest BCUT2D eigenvalue weighted by atomic mass is 16.2. The zero-order valence-electron chi connectivity index (χ0n) is 17.6. The third-order valence-electron chi connectivity index (χ3n) is 5.91. The van der Waals surface area contributed by atoms with Crippen LogP contribution in [0.1, 0.15) is 46.5 Å². The largest absolute Gasteiger partial charge is 0.326 e. The van der Waals surface area contributed by atoms with Gasteiger partial charge in [-0.05, 0) is 50.7 Å². The molecule has 1 atom stereocenters. The van der Waals surface area contributed by atoms with Crippen molar-refractivity contribution in [3.05, 3.63) is 30.3 Å². The number of amides is 4. The number of benzene rings is 1. The lowest BCUT2D eigenvalue weighted by Gasteiger charge is -2.33. The van der Waals surface area contributed by atoms with Crippen molar-refractivity contribution in [1.29, 1.82) is 0 Å². The summed E-state index contributed by atoms with van der Waals surface area (Å²) < 4.78 is 0. The summed E-state index contributed by atoms with van der Waals surface area (Å²) in [4.78, 5) is 41.1. The van der Waals surface area contributed by atoms with Gasteiger partial charge in [0.1, 0.15) is 5.54 Å². The summed E-state index contributed by atoms with van der Waals surface area (Å²) in [5.74, 6) is 0.316. The third-order valence-corrected chi connectivity index (χ3v) is 5.91. The van der Waals surface area contributed by atoms with Crippen molar-refractivity contribution in [1.82, 2.24) is 15.1 Å². The number of urea groups is 1. The number of piperidine rings is 1. The molecular formula is C22H32N4O3. The minimum atomic E-state index is -0.810. The van der Waals surface area contributed by atoms with Gasteiger partial charge in [-0.2, -0.15) is 0 Å². The second kappa shape index (κ2) is 8.95. The molecule has 2 saturated heterocycles. The molecule has 0 saturated carbocycles. The summed E-state index contributed by atoms with van der Waals surface area (Å²) in [5, 5.41) is 5.84. The smallest absolute Gasteiger partial charge is 0.326 e. The zero-order valence-corrected chi connectivity index (χ0v) is 17.6. The van der Waals surface area contributed by atoms with E-state index in [9.17, 15) is 14.4 Å². The van der Waals surface area contributed by atoms with Crippen LogP contribution in [0.3, 0.4) is 0 Å². The van der Waals surface area contributed by atoms with Gasteiger partial charge >= 0.3 is 6.03 Å². The summed E-state index contributed by atoms with van der Waals surface area (Å²) in [5.41, 5.74) is -0.00477. The molecule has 0 unspecified atom stereocenters. The van der Waals surface area contributed by atoms with Gasteiger partial charge < -0.3 is 10.6 Å². The quantitative estimate of drug-likeness (QED) is 0.690. The number of likely N-dealkylation sites (tertiary alicyclic amines) is 1. The Morgan fingerprint density at radius 1 is 1.21 bits per heavy atom. The van der Waals surface area contributed by atoms with Gasteiger partial charge in [0, 0.05) is 24.7 Å². The average Bonchev–Trinajstić information content (AvgIpc) is 2.91. The highest BCUT2D eigenvalue weighted by molar-refractivity contribution is 6.06.